The van der Waals surface area contributed by atoms with Gasteiger partial charge in [0.1, 0.15) is 12.6 Å². The number of carbonyl (C=O) groups excluding carboxylic acids is 2. The van der Waals surface area contributed by atoms with Crippen LogP contribution in [0.5, 0.6) is 0 Å². The fourth-order valence-electron chi connectivity index (χ4n) is 4.27. The molecule has 0 radical (unpaired) electrons. The molecule has 3 amide bonds. The summed E-state index contributed by atoms with van der Waals surface area (Å²) in [5, 5.41) is 2.63. The van der Waals surface area contributed by atoms with Gasteiger partial charge >= 0.3 is 12.2 Å². The van der Waals surface area contributed by atoms with Crippen molar-refractivity contribution < 1.29 is 22.8 Å². The molecule has 5 nitrogen and oxygen atoms in total. The molecule has 2 aliphatic heterocycles. The van der Waals surface area contributed by atoms with Crippen LogP contribution in [0.15, 0.2) is 0 Å². The van der Waals surface area contributed by atoms with Crippen LogP contribution in [0.2, 0.25) is 0 Å². The van der Waals surface area contributed by atoms with Crippen LogP contribution < -0.4 is 5.32 Å². The summed E-state index contributed by atoms with van der Waals surface area (Å²) in [7, 11) is 0. The predicted octanol–water partition coefficient (Wildman–Crippen LogP) is 2.37. The Hall–Kier alpha value is -1.47. The highest BCUT2D eigenvalue weighted by atomic mass is 19.4. The standard InChI is InChI=1S/C16H24F3N3O2/c17-16(18,19)10-22-8-6-13(14(22)23)20-15(24)21-7-5-12(9-21)11-3-1-2-4-11/h11-13H,1-10H2,(H,20,24). The Bertz CT molecular complexity index is 491. The Balaban J connectivity index is 1.48. The van der Waals surface area contributed by atoms with Crippen LogP contribution in [-0.4, -0.2) is 60.1 Å². The smallest absolute Gasteiger partial charge is 0.332 e. The molecular weight excluding hydrogens is 323 g/mol. The average Bonchev–Trinajstić information content (AvgIpc) is 3.21. The molecule has 2 atom stereocenters. The number of halogens is 3. The molecule has 0 aromatic heterocycles. The molecule has 3 fully saturated rings. The average molecular weight is 347 g/mol. The molecule has 0 spiro atoms. The van der Waals surface area contributed by atoms with Crippen LogP contribution in [0.3, 0.4) is 0 Å². The number of hydrogen-bond acceptors (Lipinski definition) is 2. The van der Waals surface area contributed by atoms with Gasteiger partial charge in [-0.15, -0.1) is 0 Å². The third-order valence-corrected chi connectivity index (χ3v) is 5.54. The van der Waals surface area contributed by atoms with E-state index >= 15 is 0 Å². The minimum Gasteiger partial charge on any atom is -0.332 e. The second-order valence-corrected chi connectivity index (χ2v) is 7.21. The highest BCUT2D eigenvalue weighted by molar-refractivity contribution is 5.88. The van der Waals surface area contributed by atoms with E-state index in [1.54, 1.807) is 4.90 Å². The van der Waals surface area contributed by atoms with E-state index in [0.29, 0.717) is 24.9 Å². The summed E-state index contributed by atoms with van der Waals surface area (Å²) in [6.45, 7) is 0.156. The van der Waals surface area contributed by atoms with E-state index in [-0.39, 0.29) is 19.0 Å². The quantitative estimate of drug-likeness (QED) is 0.852. The first-order valence-electron chi connectivity index (χ1n) is 8.74. The number of urea groups is 1. The van der Waals surface area contributed by atoms with Crippen LogP contribution >= 0.6 is 0 Å². The van der Waals surface area contributed by atoms with Gasteiger partial charge in [-0.1, -0.05) is 25.7 Å². The molecule has 1 aliphatic carbocycles. The van der Waals surface area contributed by atoms with E-state index in [0.717, 1.165) is 11.3 Å². The molecule has 3 aliphatic rings. The minimum atomic E-state index is -4.40. The van der Waals surface area contributed by atoms with Gasteiger partial charge in [0.05, 0.1) is 0 Å². The Morgan fingerprint density at radius 2 is 1.79 bits per heavy atom. The third kappa shape index (κ3) is 3.95. The van der Waals surface area contributed by atoms with Crippen molar-refractivity contribution in [2.75, 3.05) is 26.2 Å². The zero-order valence-corrected chi connectivity index (χ0v) is 13.6. The maximum absolute atomic E-state index is 12.4. The van der Waals surface area contributed by atoms with Gasteiger partial charge in [-0.2, -0.15) is 13.2 Å². The Kier molecular flexibility index (Phi) is 4.92. The van der Waals surface area contributed by atoms with Gasteiger partial charge in [-0.05, 0) is 24.7 Å². The monoisotopic (exact) mass is 347 g/mol. The van der Waals surface area contributed by atoms with Crippen LogP contribution in [0.25, 0.3) is 0 Å². The highest BCUT2D eigenvalue weighted by Crippen LogP contribution is 2.36. The van der Waals surface area contributed by atoms with Crippen molar-refractivity contribution in [2.24, 2.45) is 11.8 Å². The van der Waals surface area contributed by atoms with E-state index < -0.39 is 24.7 Å². The van der Waals surface area contributed by atoms with E-state index in [4.69, 9.17) is 0 Å². The molecular formula is C16H24F3N3O2. The van der Waals surface area contributed by atoms with E-state index in [9.17, 15) is 22.8 Å². The number of likely N-dealkylation sites (tertiary alicyclic amines) is 2. The van der Waals surface area contributed by atoms with Crippen LogP contribution in [0.1, 0.15) is 38.5 Å². The zero-order chi connectivity index (χ0) is 17.3. The number of carbonyl (C=O) groups is 2. The van der Waals surface area contributed by atoms with Gasteiger partial charge in [0, 0.05) is 19.6 Å². The number of hydrogen-bond donors (Lipinski definition) is 1. The molecule has 1 N–H and O–H groups in total. The first kappa shape index (κ1) is 17.4. The summed E-state index contributed by atoms with van der Waals surface area (Å²) in [6.07, 6.45) is 1.80. The number of rotatable bonds is 3. The molecule has 2 saturated heterocycles. The lowest BCUT2D eigenvalue weighted by atomic mass is 9.90. The van der Waals surface area contributed by atoms with E-state index in [1.165, 1.54) is 25.7 Å². The van der Waals surface area contributed by atoms with Crippen molar-refractivity contribution in [1.29, 1.82) is 0 Å². The normalized spacial score (nSPS) is 28.9. The molecule has 2 heterocycles. The van der Waals surface area contributed by atoms with Crippen LogP contribution in [0, 0.1) is 11.8 Å². The lowest BCUT2D eigenvalue weighted by Gasteiger charge is -2.22. The number of amides is 3. The maximum atomic E-state index is 12.4. The Labute approximate surface area is 139 Å². The van der Waals surface area contributed by atoms with Crippen molar-refractivity contribution in [2.45, 2.75) is 50.7 Å². The highest BCUT2D eigenvalue weighted by Gasteiger charge is 2.41. The molecule has 136 valence electrons. The number of nitrogens with zero attached hydrogens (tertiary/aromatic N) is 2. The van der Waals surface area contributed by atoms with Crippen molar-refractivity contribution in [3.8, 4) is 0 Å². The molecule has 3 rings (SSSR count). The fraction of sp³-hybridized carbons (Fsp3) is 0.875. The number of nitrogens with one attached hydrogen (secondary N) is 1. The molecule has 1 saturated carbocycles. The van der Waals surface area contributed by atoms with Crippen LogP contribution in [-0.2, 0) is 4.79 Å². The summed E-state index contributed by atoms with van der Waals surface area (Å²) in [5.41, 5.74) is 0. The first-order valence-corrected chi connectivity index (χ1v) is 8.74. The SMILES string of the molecule is O=C(NC1CCN(CC(F)(F)F)C1=O)N1CCC(C2CCCC2)C1. The minimum absolute atomic E-state index is 0.0357. The molecule has 2 unspecified atom stereocenters. The lowest BCUT2D eigenvalue weighted by Crippen LogP contribution is -2.48. The molecule has 0 aromatic rings. The molecule has 8 heteroatoms. The van der Waals surface area contributed by atoms with Crippen molar-refractivity contribution in [3.63, 3.8) is 0 Å². The van der Waals surface area contributed by atoms with Gasteiger partial charge in [-0.3, -0.25) is 4.79 Å². The van der Waals surface area contributed by atoms with Gasteiger partial charge in [0.2, 0.25) is 5.91 Å². The van der Waals surface area contributed by atoms with Gasteiger partial charge in [0.25, 0.3) is 0 Å². The van der Waals surface area contributed by atoms with Crippen molar-refractivity contribution in [1.82, 2.24) is 15.1 Å². The Morgan fingerprint density at radius 1 is 1.08 bits per heavy atom. The zero-order valence-electron chi connectivity index (χ0n) is 13.6. The van der Waals surface area contributed by atoms with E-state index in [2.05, 4.69) is 5.32 Å². The summed E-state index contributed by atoms with van der Waals surface area (Å²) in [5.74, 6) is 0.588. The lowest BCUT2D eigenvalue weighted by molar-refractivity contribution is -0.157. The Morgan fingerprint density at radius 3 is 2.46 bits per heavy atom. The fourth-order valence-corrected chi connectivity index (χ4v) is 4.27. The molecule has 0 bridgehead atoms. The molecule has 24 heavy (non-hydrogen) atoms. The second kappa shape index (κ2) is 6.80. The summed E-state index contributed by atoms with van der Waals surface area (Å²) in [4.78, 5) is 26.8. The summed E-state index contributed by atoms with van der Waals surface area (Å²) in [6, 6.07) is -1.15. The van der Waals surface area contributed by atoms with Gasteiger partial charge < -0.3 is 15.1 Å². The predicted molar refractivity (Wildman–Crippen MR) is 81.2 cm³/mol. The van der Waals surface area contributed by atoms with Crippen molar-refractivity contribution >= 4 is 11.9 Å². The summed E-state index contributed by atoms with van der Waals surface area (Å²) < 4.78 is 37.3. The van der Waals surface area contributed by atoms with Crippen LogP contribution in [0.4, 0.5) is 18.0 Å². The summed E-state index contributed by atoms with van der Waals surface area (Å²) >= 11 is 0. The molecule has 0 aromatic carbocycles. The van der Waals surface area contributed by atoms with Gasteiger partial charge in [-0.25, -0.2) is 4.79 Å². The topological polar surface area (TPSA) is 52.7 Å². The van der Waals surface area contributed by atoms with E-state index in [1.807, 2.05) is 0 Å². The maximum Gasteiger partial charge on any atom is 0.406 e. The van der Waals surface area contributed by atoms with Gasteiger partial charge in [0.15, 0.2) is 0 Å². The third-order valence-electron chi connectivity index (χ3n) is 5.54. The number of alkyl halides is 3. The largest absolute Gasteiger partial charge is 0.406 e. The van der Waals surface area contributed by atoms with Crippen molar-refractivity contribution in [3.05, 3.63) is 0 Å². The first-order chi connectivity index (χ1) is 11.3. The second-order valence-electron chi connectivity index (χ2n) is 7.21.